The maximum Gasteiger partial charge on any atom is 0.248 e. The van der Waals surface area contributed by atoms with Crippen LogP contribution in [0, 0.1) is 0 Å². The number of carbonyl (C=O) groups excluding carboxylic acids is 1. The van der Waals surface area contributed by atoms with E-state index in [1.165, 1.54) is 0 Å². The first kappa shape index (κ1) is 15.6. The molecule has 5 heteroatoms. The highest BCUT2D eigenvalue weighted by atomic mass is 16.5. The van der Waals surface area contributed by atoms with Gasteiger partial charge >= 0.3 is 0 Å². The molecular weight excluding hydrogens is 290 g/mol. The molecule has 0 N–H and O–H groups in total. The van der Waals surface area contributed by atoms with Crippen LogP contribution in [0.15, 0.2) is 42.6 Å². The van der Waals surface area contributed by atoms with E-state index in [1.807, 2.05) is 41.3 Å². The standard InChI is InChI=1S/C18H21N3O2/c1-23-13-17(22)21-11-5-8-15(12-21)16-9-10-19-18(20-16)14-6-3-2-4-7-14/h2-4,6-7,9-10,15H,5,8,11-13H2,1H3/t15-/m1/s1. The highest BCUT2D eigenvalue weighted by molar-refractivity contribution is 5.77. The molecule has 2 heterocycles. The van der Waals surface area contributed by atoms with E-state index in [9.17, 15) is 4.79 Å². The van der Waals surface area contributed by atoms with Crippen molar-refractivity contribution in [2.24, 2.45) is 0 Å². The molecule has 1 aromatic heterocycles. The SMILES string of the molecule is COCC(=O)N1CCC[C@@H](c2ccnc(-c3ccccc3)n2)C1. The molecular formula is C18H21N3O2. The van der Waals surface area contributed by atoms with Crippen LogP contribution in [0.3, 0.4) is 0 Å². The molecule has 1 saturated heterocycles. The molecule has 0 aliphatic carbocycles. The second kappa shape index (κ2) is 7.33. The molecule has 5 nitrogen and oxygen atoms in total. The van der Waals surface area contributed by atoms with Crippen molar-refractivity contribution in [3.05, 3.63) is 48.3 Å². The molecule has 0 radical (unpaired) electrons. The van der Waals surface area contributed by atoms with E-state index in [2.05, 4.69) is 4.98 Å². The predicted octanol–water partition coefficient (Wildman–Crippen LogP) is 2.50. The van der Waals surface area contributed by atoms with E-state index in [1.54, 1.807) is 13.3 Å². The van der Waals surface area contributed by atoms with Crippen LogP contribution in [0.1, 0.15) is 24.5 Å². The van der Waals surface area contributed by atoms with Crippen LogP contribution in [0.4, 0.5) is 0 Å². The Hall–Kier alpha value is -2.27. The number of rotatable bonds is 4. The highest BCUT2D eigenvalue weighted by Gasteiger charge is 2.25. The van der Waals surface area contributed by atoms with E-state index in [4.69, 9.17) is 9.72 Å². The molecule has 23 heavy (non-hydrogen) atoms. The molecule has 1 fully saturated rings. The first-order chi connectivity index (χ1) is 11.3. The van der Waals surface area contributed by atoms with Gasteiger partial charge in [-0.1, -0.05) is 30.3 Å². The minimum Gasteiger partial charge on any atom is -0.375 e. The number of amides is 1. The van der Waals surface area contributed by atoms with Crippen molar-refractivity contribution in [2.75, 3.05) is 26.8 Å². The van der Waals surface area contributed by atoms with Crippen LogP contribution in [0.2, 0.25) is 0 Å². The second-order valence-electron chi connectivity index (χ2n) is 5.78. The van der Waals surface area contributed by atoms with Crippen molar-refractivity contribution < 1.29 is 9.53 Å². The zero-order chi connectivity index (χ0) is 16.1. The number of hydrogen-bond acceptors (Lipinski definition) is 4. The van der Waals surface area contributed by atoms with Gasteiger partial charge in [0.15, 0.2) is 5.82 Å². The monoisotopic (exact) mass is 311 g/mol. The number of aromatic nitrogens is 2. The number of piperidine rings is 1. The van der Waals surface area contributed by atoms with Crippen LogP contribution < -0.4 is 0 Å². The van der Waals surface area contributed by atoms with E-state index >= 15 is 0 Å². The lowest BCUT2D eigenvalue weighted by Gasteiger charge is -2.32. The van der Waals surface area contributed by atoms with Crippen molar-refractivity contribution in [1.29, 1.82) is 0 Å². The smallest absolute Gasteiger partial charge is 0.248 e. The topological polar surface area (TPSA) is 55.3 Å². The van der Waals surface area contributed by atoms with Crippen molar-refractivity contribution >= 4 is 5.91 Å². The summed E-state index contributed by atoms with van der Waals surface area (Å²) >= 11 is 0. The maximum atomic E-state index is 12.0. The molecule has 1 atom stereocenters. The average Bonchev–Trinajstić information content (AvgIpc) is 2.63. The predicted molar refractivity (Wildman–Crippen MR) is 87.9 cm³/mol. The largest absolute Gasteiger partial charge is 0.375 e. The Morgan fingerprint density at radius 3 is 2.91 bits per heavy atom. The third-order valence-corrected chi connectivity index (χ3v) is 4.17. The van der Waals surface area contributed by atoms with Crippen LogP contribution >= 0.6 is 0 Å². The van der Waals surface area contributed by atoms with Crippen molar-refractivity contribution in [2.45, 2.75) is 18.8 Å². The molecule has 1 aromatic carbocycles. The molecule has 3 rings (SSSR count). The van der Waals surface area contributed by atoms with Crippen molar-refractivity contribution in [3.63, 3.8) is 0 Å². The number of benzene rings is 1. The zero-order valence-corrected chi connectivity index (χ0v) is 13.3. The minimum absolute atomic E-state index is 0.0505. The summed E-state index contributed by atoms with van der Waals surface area (Å²) < 4.78 is 4.96. The second-order valence-corrected chi connectivity index (χ2v) is 5.78. The quantitative estimate of drug-likeness (QED) is 0.870. The van der Waals surface area contributed by atoms with Crippen LogP contribution in [-0.4, -0.2) is 47.6 Å². The van der Waals surface area contributed by atoms with E-state index in [-0.39, 0.29) is 18.4 Å². The van der Waals surface area contributed by atoms with Crippen molar-refractivity contribution in [1.82, 2.24) is 14.9 Å². The summed E-state index contributed by atoms with van der Waals surface area (Å²) in [5.41, 5.74) is 2.02. The molecule has 0 saturated carbocycles. The first-order valence-corrected chi connectivity index (χ1v) is 7.93. The number of nitrogens with zero attached hydrogens (tertiary/aromatic N) is 3. The van der Waals surface area contributed by atoms with Gasteiger partial charge < -0.3 is 9.64 Å². The Bertz CT molecular complexity index is 660. The molecule has 120 valence electrons. The normalized spacial score (nSPS) is 18.0. The van der Waals surface area contributed by atoms with Crippen LogP contribution in [0.25, 0.3) is 11.4 Å². The lowest BCUT2D eigenvalue weighted by atomic mass is 9.94. The fourth-order valence-electron chi connectivity index (χ4n) is 2.99. The molecule has 0 spiro atoms. The number of ether oxygens (including phenoxy) is 1. The average molecular weight is 311 g/mol. The van der Waals surface area contributed by atoms with Gasteiger partial charge in [0.25, 0.3) is 0 Å². The fraction of sp³-hybridized carbons (Fsp3) is 0.389. The Balaban J connectivity index is 1.77. The molecule has 1 amide bonds. The Morgan fingerprint density at radius 1 is 1.30 bits per heavy atom. The first-order valence-electron chi connectivity index (χ1n) is 7.93. The molecule has 1 aliphatic heterocycles. The lowest BCUT2D eigenvalue weighted by molar-refractivity contribution is -0.136. The third kappa shape index (κ3) is 3.74. The van der Waals surface area contributed by atoms with Gasteiger partial charge in [0.1, 0.15) is 6.61 Å². The van der Waals surface area contributed by atoms with Gasteiger partial charge in [-0.25, -0.2) is 9.97 Å². The molecule has 0 bridgehead atoms. The van der Waals surface area contributed by atoms with E-state index in [0.29, 0.717) is 6.54 Å². The summed E-state index contributed by atoms with van der Waals surface area (Å²) in [4.78, 5) is 23.0. The number of hydrogen-bond donors (Lipinski definition) is 0. The fourth-order valence-corrected chi connectivity index (χ4v) is 2.99. The molecule has 0 unspecified atom stereocenters. The molecule has 1 aliphatic rings. The summed E-state index contributed by atoms with van der Waals surface area (Å²) in [5, 5.41) is 0. The van der Waals surface area contributed by atoms with Gasteiger partial charge in [0.05, 0.1) is 0 Å². The zero-order valence-electron chi connectivity index (χ0n) is 13.3. The summed E-state index contributed by atoms with van der Waals surface area (Å²) in [6, 6.07) is 11.9. The summed E-state index contributed by atoms with van der Waals surface area (Å²) in [6.45, 7) is 1.65. The summed E-state index contributed by atoms with van der Waals surface area (Å²) in [6.07, 6.45) is 3.84. The Morgan fingerprint density at radius 2 is 2.13 bits per heavy atom. The van der Waals surface area contributed by atoms with Gasteiger partial charge in [0, 0.05) is 43.6 Å². The molecule has 2 aromatic rings. The number of likely N-dealkylation sites (tertiary alicyclic amines) is 1. The Kier molecular flexibility index (Phi) is 4.98. The third-order valence-electron chi connectivity index (χ3n) is 4.17. The van der Waals surface area contributed by atoms with Crippen molar-refractivity contribution in [3.8, 4) is 11.4 Å². The lowest BCUT2D eigenvalue weighted by Crippen LogP contribution is -2.41. The number of carbonyl (C=O) groups is 1. The van der Waals surface area contributed by atoms with Crippen LogP contribution in [-0.2, 0) is 9.53 Å². The van der Waals surface area contributed by atoms with Gasteiger partial charge in [-0.05, 0) is 18.9 Å². The van der Waals surface area contributed by atoms with Gasteiger partial charge in [-0.2, -0.15) is 0 Å². The summed E-state index contributed by atoms with van der Waals surface area (Å²) in [7, 11) is 1.55. The van der Waals surface area contributed by atoms with Gasteiger partial charge in [-0.15, -0.1) is 0 Å². The summed E-state index contributed by atoms with van der Waals surface area (Å²) in [5.74, 6) is 1.05. The van der Waals surface area contributed by atoms with E-state index < -0.39 is 0 Å². The van der Waals surface area contributed by atoms with Gasteiger partial charge in [-0.3, -0.25) is 4.79 Å². The minimum atomic E-state index is 0.0505. The van der Waals surface area contributed by atoms with Crippen LogP contribution in [0.5, 0.6) is 0 Å². The van der Waals surface area contributed by atoms with Gasteiger partial charge in [0.2, 0.25) is 5.91 Å². The highest BCUT2D eigenvalue weighted by Crippen LogP contribution is 2.26. The van der Waals surface area contributed by atoms with E-state index in [0.717, 1.165) is 36.5 Å². The Labute approximate surface area is 136 Å². The maximum absolute atomic E-state index is 12.0. The number of methoxy groups -OCH3 is 1.